The highest BCUT2D eigenvalue weighted by molar-refractivity contribution is 9.10. The first-order chi connectivity index (χ1) is 6.88. The molecule has 82 valence electrons. The van der Waals surface area contributed by atoms with Crippen molar-refractivity contribution in [3.8, 4) is 0 Å². The van der Waals surface area contributed by atoms with Crippen LogP contribution in [0.15, 0.2) is 33.9 Å². The van der Waals surface area contributed by atoms with Crippen molar-refractivity contribution in [3.63, 3.8) is 0 Å². The third kappa shape index (κ3) is 4.63. The normalized spacial score (nSPS) is 12.6. The van der Waals surface area contributed by atoms with Crippen LogP contribution in [0.4, 0.5) is 0 Å². The second-order valence-corrected chi connectivity index (χ2v) is 5.50. The highest BCUT2D eigenvalue weighted by Gasteiger charge is 2.04. The topological polar surface area (TPSA) is 55.7 Å². The van der Waals surface area contributed by atoms with E-state index < -0.39 is 10.1 Å². The summed E-state index contributed by atoms with van der Waals surface area (Å²) in [6.45, 7) is 0. The van der Waals surface area contributed by atoms with E-state index in [-0.39, 0.29) is 5.17 Å². The minimum absolute atomic E-state index is 0.0204. The molecular weight excluding hydrogens is 306 g/mol. The molecule has 0 unspecified atom stereocenters. The minimum Gasteiger partial charge on any atom is -0.267 e. The van der Waals surface area contributed by atoms with Gasteiger partial charge in [0.2, 0.25) is 0 Å². The molecule has 0 radical (unpaired) electrons. The molecular formula is C8H7BrClNO3S. The number of hydrogen-bond donors (Lipinski definition) is 0. The van der Waals surface area contributed by atoms with Gasteiger partial charge in [0, 0.05) is 10.0 Å². The molecule has 15 heavy (non-hydrogen) atoms. The summed E-state index contributed by atoms with van der Waals surface area (Å²) in [5.41, 5.74) is 0.573. The Balaban J connectivity index is 2.85. The van der Waals surface area contributed by atoms with Gasteiger partial charge in [0.1, 0.15) is 0 Å². The number of hydrogen-bond acceptors (Lipinski definition) is 4. The summed E-state index contributed by atoms with van der Waals surface area (Å²) < 4.78 is 26.3. The van der Waals surface area contributed by atoms with Crippen molar-refractivity contribution < 1.29 is 12.7 Å². The van der Waals surface area contributed by atoms with Crippen LogP contribution in [0.1, 0.15) is 5.56 Å². The second-order valence-electron chi connectivity index (χ2n) is 2.67. The van der Waals surface area contributed by atoms with E-state index in [2.05, 4.69) is 25.4 Å². The Hall–Kier alpha value is -0.590. The summed E-state index contributed by atoms with van der Waals surface area (Å²) in [5.74, 6) is 0. The SMILES string of the molecule is CS(=O)(=O)ON=C(Cl)c1ccc(Br)cc1. The monoisotopic (exact) mass is 311 g/mol. The van der Waals surface area contributed by atoms with E-state index in [4.69, 9.17) is 11.6 Å². The van der Waals surface area contributed by atoms with Gasteiger partial charge in [-0.05, 0) is 12.1 Å². The predicted octanol–water partition coefficient (Wildman–Crippen LogP) is 2.33. The first kappa shape index (κ1) is 12.5. The molecule has 0 bridgehead atoms. The first-order valence-electron chi connectivity index (χ1n) is 3.76. The maximum atomic E-state index is 10.6. The van der Waals surface area contributed by atoms with Crippen molar-refractivity contribution in [2.45, 2.75) is 0 Å². The van der Waals surface area contributed by atoms with Gasteiger partial charge in [0.25, 0.3) is 0 Å². The van der Waals surface area contributed by atoms with Crippen molar-refractivity contribution >= 4 is 42.8 Å². The zero-order chi connectivity index (χ0) is 11.5. The molecule has 0 aliphatic carbocycles. The van der Waals surface area contributed by atoms with Crippen LogP contribution in [0, 0.1) is 0 Å². The summed E-state index contributed by atoms with van der Waals surface area (Å²) in [5, 5.41) is 3.25. The van der Waals surface area contributed by atoms with Crippen LogP contribution in [0.25, 0.3) is 0 Å². The lowest BCUT2D eigenvalue weighted by Gasteiger charge is -1.98. The van der Waals surface area contributed by atoms with Crippen LogP contribution in [0.3, 0.4) is 0 Å². The minimum atomic E-state index is -3.62. The molecule has 1 aromatic rings. The maximum Gasteiger partial charge on any atom is 0.325 e. The summed E-state index contributed by atoms with van der Waals surface area (Å²) in [4.78, 5) is 0. The maximum absolute atomic E-state index is 10.6. The van der Waals surface area contributed by atoms with Gasteiger partial charge in [-0.2, -0.15) is 8.42 Å². The number of halogens is 2. The molecule has 1 aromatic carbocycles. The number of nitrogens with zero attached hydrogens (tertiary/aromatic N) is 1. The third-order valence-electron chi connectivity index (χ3n) is 1.34. The molecule has 0 saturated carbocycles. The highest BCUT2D eigenvalue weighted by Crippen LogP contribution is 2.13. The van der Waals surface area contributed by atoms with Crippen LogP contribution >= 0.6 is 27.5 Å². The Kier molecular flexibility index (Phi) is 4.12. The van der Waals surface area contributed by atoms with Gasteiger partial charge in [0.15, 0.2) is 5.17 Å². The Bertz CT molecular complexity index is 469. The van der Waals surface area contributed by atoms with Crippen molar-refractivity contribution in [2.75, 3.05) is 6.26 Å². The van der Waals surface area contributed by atoms with Crippen LogP contribution < -0.4 is 0 Å². The number of rotatable bonds is 3. The standard InChI is InChI=1S/C8H7BrClNO3S/c1-15(12,13)14-11-8(10)6-2-4-7(9)5-3-6/h2-5H,1H3. The first-order valence-corrected chi connectivity index (χ1v) is 6.75. The molecule has 1 rings (SSSR count). The average molecular weight is 313 g/mol. The molecule has 4 nitrogen and oxygen atoms in total. The second kappa shape index (κ2) is 4.96. The fourth-order valence-corrected chi connectivity index (χ4v) is 1.42. The van der Waals surface area contributed by atoms with Gasteiger partial charge in [-0.25, -0.2) is 0 Å². The fourth-order valence-electron chi connectivity index (χ4n) is 0.741. The zero-order valence-corrected chi connectivity index (χ0v) is 10.8. The fraction of sp³-hybridized carbons (Fsp3) is 0.125. The molecule has 0 heterocycles. The molecule has 0 aromatic heterocycles. The lowest BCUT2D eigenvalue weighted by atomic mass is 10.2. The Morgan fingerprint density at radius 2 is 1.93 bits per heavy atom. The molecule has 0 amide bonds. The summed E-state index contributed by atoms with van der Waals surface area (Å²) in [7, 11) is -3.62. The van der Waals surface area contributed by atoms with Gasteiger partial charge >= 0.3 is 10.1 Å². The van der Waals surface area contributed by atoms with E-state index >= 15 is 0 Å². The van der Waals surface area contributed by atoms with Crippen molar-refractivity contribution in [3.05, 3.63) is 34.3 Å². The van der Waals surface area contributed by atoms with Crippen molar-refractivity contribution in [1.29, 1.82) is 0 Å². The van der Waals surface area contributed by atoms with Gasteiger partial charge in [-0.15, -0.1) is 0 Å². The van der Waals surface area contributed by atoms with E-state index in [0.29, 0.717) is 5.56 Å². The predicted molar refractivity (Wildman–Crippen MR) is 62.5 cm³/mol. The van der Waals surface area contributed by atoms with Crippen LogP contribution in [0.2, 0.25) is 0 Å². The largest absolute Gasteiger partial charge is 0.325 e. The zero-order valence-electron chi connectivity index (χ0n) is 7.65. The van der Waals surface area contributed by atoms with E-state index in [1.165, 1.54) is 0 Å². The molecule has 0 atom stereocenters. The molecule has 0 fully saturated rings. The van der Waals surface area contributed by atoms with Crippen molar-refractivity contribution in [2.24, 2.45) is 5.16 Å². The molecule has 0 aliphatic heterocycles. The highest BCUT2D eigenvalue weighted by atomic mass is 79.9. The Morgan fingerprint density at radius 3 is 2.40 bits per heavy atom. The van der Waals surface area contributed by atoms with Gasteiger partial charge in [-0.1, -0.05) is 44.8 Å². The molecule has 0 aliphatic rings. The van der Waals surface area contributed by atoms with Gasteiger partial charge < -0.3 is 0 Å². The number of benzene rings is 1. The van der Waals surface area contributed by atoms with Crippen LogP contribution in [-0.2, 0) is 14.4 Å². The van der Waals surface area contributed by atoms with E-state index in [9.17, 15) is 8.42 Å². The Labute approximate surface area is 101 Å². The molecule has 0 N–H and O–H groups in total. The third-order valence-corrected chi connectivity index (χ3v) is 2.50. The molecule has 7 heteroatoms. The lowest BCUT2D eigenvalue weighted by Crippen LogP contribution is -2.00. The van der Waals surface area contributed by atoms with Crippen LogP contribution in [0.5, 0.6) is 0 Å². The smallest absolute Gasteiger partial charge is 0.267 e. The van der Waals surface area contributed by atoms with Gasteiger partial charge in [0.05, 0.1) is 6.26 Å². The summed E-state index contributed by atoms with van der Waals surface area (Å²) in [6, 6.07) is 6.88. The molecule has 0 saturated heterocycles. The molecule has 0 spiro atoms. The summed E-state index contributed by atoms with van der Waals surface area (Å²) in [6.07, 6.45) is 0.891. The van der Waals surface area contributed by atoms with Gasteiger partial charge in [-0.3, -0.25) is 4.28 Å². The summed E-state index contributed by atoms with van der Waals surface area (Å²) >= 11 is 8.97. The van der Waals surface area contributed by atoms with Crippen molar-refractivity contribution in [1.82, 2.24) is 0 Å². The van der Waals surface area contributed by atoms with E-state index in [1.807, 2.05) is 0 Å². The number of oxime groups is 1. The lowest BCUT2D eigenvalue weighted by molar-refractivity contribution is 0.344. The van der Waals surface area contributed by atoms with E-state index in [0.717, 1.165) is 10.7 Å². The Morgan fingerprint density at radius 1 is 1.40 bits per heavy atom. The average Bonchev–Trinajstić information content (AvgIpc) is 2.14. The van der Waals surface area contributed by atoms with E-state index in [1.54, 1.807) is 24.3 Å². The van der Waals surface area contributed by atoms with Crippen LogP contribution in [-0.4, -0.2) is 19.8 Å². The quantitative estimate of drug-likeness (QED) is 0.636.